The number of carbonyl (C=O) groups excluding carboxylic acids is 1. The highest BCUT2D eigenvalue weighted by molar-refractivity contribution is 5.66. The third-order valence-electron chi connectivity index (χ3n) is 1.41. The summed E-state index contributed by atoms with van der Waals surface area (Å²) in [5, 5.41) is 0. The van der Waals surface area contributed by atoms with E-state index in [2.05, 4.69) is 0 Å². The summed E-state index contributed by atoms with van der Waals surface area (Å²) >= 11 is 0. The predicted molar refractivity (Wildman–Crippen MR) is 43.8 cm³/mol. The first-order valence-corrected chi connectivity index (χ1v) is 3.52. The first-order chi connectivity index (χ1) is 4.90. The van der Waals surface area contributed by atoms with Gasteiger partial charge in [0.25, 0.3) is 0 Å². The van der Waals surface area contributed by atoms with E-state index in [9.17, 15) is 4.79 Å². The van der Waals surface area contributed by atoms with Crippen LogP contribution in [0.25, 0.3) is 0 Å². The second kappa shape index (κ2) is 3.42. The molecule has 3 heteroatoms. The molecule has 0 heterocycles. The molecule has 11 heavy (non-hydrogen) atoms. The van der Waals surface area contributed by atoms with E-state index < -0.39 is 5.60 Å². The third kappa shape index (κ3) is 3.07. The van der Waals surface area contributed by atoms with Crippen molar-refractivity contribution in [3.63, 3.8) is 0 Å². The molecule has 0 saturated heterocycles. The molecule has 0 saturated carbocycles. The number of hydrogen-bond acceptors (Lipinski definition) is 3. The van der Waals surface area contributed by atoms with E-state index in [1.165, 1.54) is 6.92 Å². The minimum absolute atomic E-state index is 0.320. The number of rotatable bonds is 2. The Morgan fingerprint density at radius 1 is 1.55 bits per heavy atom. The van der Waals surface area contributed by atoms with Crippen LogP contribution in [0.15, 0.2) is 11.8 Å². The molecular formula is C8H15NO2. The molecule has 3 nitrogen and oxygen atoms in total. The molecular weight excluding hydrogens is 142 g/mol. The van der Waals surface area contributed by atoms with Gasteiger partial charge in [0.2, 0.25) is 0 Å². The summed E-state index contributed by atoms with van der Waals surface area (Å²) in [6, 6.07) is 0. The maximum atomic E-state index is 10.6. The van der Waals surface area contributed by atoms with Crippen LogP contribution in [0.1, 0.15) is 27.7 Å². The first-order valence-electron chi connectivity index (χ1n) is 3.52. The largest absolute Gasteiger partial charge is 0.453 e. The zero-order valence-corrected chi connectivity index (χ0v) is 7.47. The van der Waals surface area contributed by atoms with Gasteiger partial charge in [-0.05, 0) is 20.8 Å². The van der Waals surface area contributed by atoms with Crippen molar-refractivity contribution in [2.24, 2.45) is 5.73 Å². The monoisotopic (exact) mass is 157 g/mol. The second-order valence-corrected chi connectivity index (χ2v) is 2.85. The Morgan fingerprint density at radius 2 is 2.00 bits per heavy atom. The van der Waals surface area contributed by atoms with Gasteiger partial charge < -0.3 is 10.5 Å². The normalized spacial score (nSPS) is 12.9. The Hall–Kier alpha value is -0.990. The Bertz CT molecular complexity index is 183. The maximum Gasteiger partial charge on any atom is 0.303 e. The van der Waals surface area contributed by atoms with Gasteiger partial charge in [-0.25, -0.2) is 0 Å². The van der Waals surface area contributed by atoms with Crippen LogP contribution in [0.2, 0.25) is 0 Å². The number of carbonyl (C=O) groups is 1. The molecule has 0 radical (unpaired) electrons. The lowest BCUT2D eigenvalue weighted by atomic mass is 10.1. The van der Waals surface area contributed by atoms with Gasteiger partial charge in [-0.2, -0.15) is 0 Å². The molecule has 0 aliphatic rings. The quantitative estimate of drug-likeness (QED) is 0.612. The summed E-state index contributed by atoms with van der Waals surface area (Å²) in [7, 11) is 0. The predicted octanol–water partition coefficient (Wildman–Crippen LogP) is 1.19. The average Bonchev–Trinajstić information content (AvgIpc) is 1.83. The number of allylic oxidation sites excluding steroid dienone is 1. The van der Waals surface area contributed by atoms with Crippen molar-refractivity contribution in [1.29, 1.82) is 0 Å². The standard InChI is InChI=1S/C8H15NO2/c1-5-7(9)8(3,4)11-6(2)10/h5H,9H2,1-4H3. The topological polar surface area (TPSA) is 52.3 Å². The highest BCUT2D eigenvalue weighted by Gasteiger charge is 2.23. The summed E-state index contributed by atoms with van der Waals surface area (Å²) < 4.78 is 4.96. The van der Waals surface area contributed by atoms with Crippen LogP contribution in [0, 0.1) is 0 Å². The number of ether oxygens (including phenoxy) is 1. The molecule has 0 bridgehead atoms. The SMILES string of the molecule is CC=C(N)C(C)(C)OC(C)=O. The van der Waals surface area contributed by atoms with Crippen molar-refractivity contribution < 1.29 is 9.53 Å². The van der Waals surface area contributed by atoms with Crippen LogP contribution in [-0.4, -0.2) is 11.6 Å². The van der Waals surface area contributed by atoms with E-state index in [-0.39, 0.29) is 5.97 Å². The molecule has 0 atom stereocenters. The van der Waals surface area contributed by atoms with Crippen LogP contribution in [0.5, 0.6) is 0 Å². The second-order valence-electron chi connectivity index (χ2n) is 2.85. The molecule has 0 amide bonds. The fourth-order valence-electron chi connectivity index (χ4n) is 0.766. The fraction of sp³-hybridized carbons (Fsp3) is 0.625. The van der Waals surface area contributed by atoms with Gasteiger partial charge >= 0.3 is 5.97 Å². The van der Waals surface area contributed by atoms with Crippen molar-refractivity contribution in [3.05, 3.63) is 11.8 Å². The van der Waals surface area contributed by atoms with Gasteiger partial charge in [0.15, 0.2) is 0 Å². The van der Waals surface area contributed by atoms with E-state index in [1.807, 2.05) is 0 Å². The summed E-state index contributed by atoms with van der Waals surface area (Å²) in [4.78, 5) is 10.6. The molecule has 0 aliphatic heterocycles. The van der Waals surface area contributed by atoms with Crippen LogP contribution in [0.4, 0.5) is 0 Å². The van der Waals surface area contributed by atoms with Crippen molar-refractivity contribution >= 4 is 5.97 Å². The van der Waals surface area contributed by atoms with Gasteiger partial charge in [0.05, 0.1) is 0 Å². The van der Waals surface area contributed by atoms with E-state index in [0.717, 1.165) is 0 Å². The highest BCUT2D eigenvalue weighted by Crippen LogP contribution is 2.15. The molecule has 0 fully saturated rings. The van der Waals surface area contributed by atoms with E-state index >= 15 is 0 Å². The molecule has 2 N–H and O–H groups in total. The zero-order chi connectivity index (χ0) is 9.07. The lowest BCUT2D eigenvalue weighted by Gasteiger charge is -2.24. The number of hydrogen-bond donors (Lipinski definition) is 1. The van der Waals surface area contributed by atoms with Crippen molar-refractivity contribution in [2.45, 2.75) is 33.3 Å². The molecule has 64 valence electrons. The van der Waals surface area contributed by atoms with Gasteiger partial charge in [-0.3, -0.25) is 4.79 Å². The van der Waals surface area contributed by atoms with E-state index in [4.69, 9.17) is 10.5 Å². The Kier molecular flexibility index (Phi) is 3.11. The molecule has 0 aromatic heterocycles. The summed E-state index contributed by atoms with van der Waals surface area (Å²) in [6.07, 6.45) is 1.73. The van der Waals surface area contributed by atoms with Gasteiger partial charge in [0, 0.05) is 12.6 Å². The molecule has 0 aromatic rings. The van der Waals surface area contributed by atoms with Crippen molar-refractivity contribution in [2.75, 3.05) is 0 Å². The van der Waals surface area contributed by atoms with Gasteiger partial charge in [-0.1, -0.05) is 6.08 Å². The van der Waals surface area contributed by atoms with Gasteiger partial charge in [0.1, 0.15) is 5.60 Å². The van der Waals surface area contributed by atoms with E-state index in [1.54, 1.807) is 26.8 Å². The maximum absolute atomic E-state index is 10.6. The van der Waals surface area contributed by atoms with Gasteiger partial charge in [-0.15, -0.1) is 0 Å². The smallest absolute Gasteiger partial charge is 0.303 e. The molecule has 0 spiro atoms. The molecule has 0 aromatic carbocycles. The fourth-order valence-corrected chi connectivity index (χ4v) is 0.766. The lowest BCUT2D eigenvalue weighted by Crippen LogP contribution is -2.33. The minimum atomic E-state index is -0.680. The molecule has 0 unspecified atom stereocenters. The molecule has 0 aliphatic carbocycles. The zero-order valence-electron chi connectivity index (χ0n) is 7.47. The number of esters is 1. The lowest BCUT2D eigenvalue weighted by molar-refractivity contribution is -0.150. The summed E-state index contributed by atoms with van der Waals surface area (Å²) in [6.45, 7) is 6.68. The number of nitrogens with two attached hydrogens (primary N) is 1. The van der Waals surface area contributed by atoms with Crippen LogP contribution < -0.4 is 5.73 Å². The Morgan fingerprint density at radius 3 is 2.27 bits per heavy atom. The third-order valence-corrected chi connectivity index (χ3v) is 1.41. The van der Waals surface area contributed by atoms with E-state index in [0.29, 0.717) is 5.70 Å². The summed E-state index contributed by atoms with van der Waals surface area (Å²) in [5.41, 5.74) is 5.47. The van der Waals surface area contributed by atoms with Crippen LogP contribution in [-0.2, 0) is 9.53 Å². The minimum Gasteiger partial charge on any atom is -0.453 e. The van der Waals surface area contributed by atoms with Crippen molar-refractivity contribution in [1.82, 2.24) is 0 Å². The Labute approximate surface area is 67.2 Å². The molecule has 0 rings (SSSR count). The average molecular weight is 157 g/mol. The highest BCUT2D eigenvalue weighted by atomic mass is 16.6. The summed E-state index contributed by atoms with van der Waals surface area (Å²) in [5.74, 6) is -0.320. The first kappa shape index (κ1) is 10.0. The van der Waals surface area contributed by atoms with Crippen LogP contribution >= 0.6 is 0 Å². The van der Waals surface area contributed by atoms with Crippen molar-refractivity contribution in [3.8, 4) is 0 Å². The van der Waals surface area contributed by atoms with Crippen LogP contribution in [0.3, 0.4) is 0 Å². The Balaban J connectivity index is 4.33.